The molecule has 0 saturated heterocycles. The molecule has 0 saturated carbocycles. The number of aromatic amines is 1. The molecule has 20 heavy (non-hydrogen) atoms. The average molecular weight is 292 g/mol. The van der Waals surface area contributed by atoms with Gasteiger partial charge in [0.2, 0.25) is 4.77 Å². The van der Waals surface area contributed by atoms with E-state index in [0.29, 0.717) is 17.1 Å². The van der Waals surface area contributed by atoms with Crippen LogP contribution in [0.15, 0.2) is 34.3 Å². The van der Waals surface area contributed by atoms with E-state index in [9.17, 15) is 4.79 Å². The Kier molecular flexibility index (Phi) is 4.26. The van der Waals surface area contributed by atoms with Gasteiger partial charge in [-0.15, -0.1) is 0 Å². The van der Waals surface area contributed by atoms with Crippen LogP contribution in [0.4, 0.5) is 0 Å². The summed E-state index contributed by atoms with van der Waals surface area (Å²) in [6, 6.07) is 5.25. The zero-order valence-corrected chi connectivity index (χ0v) is 11.7. The third-order valence-electron chi connectivity index (χ3n) is 2.49. The van der Waals surface area contributed by atoms with Gasteiger partial charge in [-0.1, -0.05) is 0 Å². The largest absolute Gasteiger partial charge is 0.497 e. The van der Waals surface area contributed by atoms with Crippen molar-refractivity contribution >= 4 is 18.4 Å². The lowest BCUT2D eigenvalue weighted by Crippen LogP contribution is -2.18. The van der Waals surface area contributed by atoms with Crippen molar-refractivity contribution in [2.75, 3.05) is 14.2 Å². The highest BCUT2D eigenvalue weighted by Gasteiger charge is 2.03. The molecule has 0 unspecified atom stereocenters. The van der Waals surface area contributed by atoms with Crippen LogP contribution < -0.4 is 15.0 Å². The zero-order chi connectivity index (χ0) is 14.5. The molecule has 7 nitrogen and oxygen atoms in total. The first kappa shape index (κ1) is 13.9. The molecule has 1 aromatic heterocycles. The summed E-state index contributed by atoms with van der Waals surface area (Å²) >= 11 is 4.94. The van der Waals surface area contributed by atoms with Crippen LogP contribution >= 0.6 is 12.2 Å². The molecule has 1 heterocycles. The van der Waals surface area contributed by atoms with Crippen LogP contribution in [-0.2, 0) is 0 Å². The maximum Gasteiger partial charge on any atom is 0.293 e. The van der Waals surface area contributed by atoms with Gasteiger partial charge in [-0.25, -0.2) is 0 Å². The third kappa shape index (κ3) is 2.91. The van der Waals surface area contributed by atoms with Crippen molar-refractivity contribution in [1.82, 2.24) is 14.9 Å². The van der Waals surface area contributed by atoms with Gasteiger partial charge in [0.15, 0.2) is 0 Å². The highest BCUT2D eigenvalue weighted by atomic mass is 32.1. The van der Waals surface area contributed by atoms with Crippen molar-refractivity contribution in [3.8, 4) is 11.5 Å². The van der Waals surface area contributed by atoms with E-state index >= 15 is 0 Å². The fourth-order valence-corrected chi connectivity index (χ4v) is 1.69. The molecule has 0 aliphatic rings. The van der Waals surface area contributed by atoms with E-state index in [0.717, 1.165) is 10.9 Å². The molecular formula is C12H12N4O3S. The summed E-state index contributed by atoms with van der Waals surface area (Å²) in [4.78, 5) is 11.6. The second-order valence-corrected chi connectivity index (χ2v) is 4.06. The molecule has 1 N–H and O–H groups in total. The summed E-state index contributed by atoms with van der Waals surface area (Å²) in [5.74, 6) is 1.24. The Bertz CT molecular complexity index is 723. The minimum Gasteiger partial charge on any atom is -0.497 e. The monoisotopic (exact) mass is 292 g/mol. The molecule has 0 radical (unpaired) electrons. The van der Waals surface area contributed by atoms with Crippen molar-refractivity contribution in [2.45, 2.75) is 0 Å². The summed E-state index contributed by atoms with van der Waals surface area (Å²) in [5, 5.41) is 10.1. The molecule has 0 bridgehead atoms. The molecule has 0 fully saturated rings. The minimum absolute atomic E-state index is 0.112. The molecule has 0 amide bonds. The summed E-state index contributed by atoms with van der Waals surface area (Å²) in [5.41, 5.74) is 0.267. The van der Waals surface area contributed by atoms with E-state index in [-0.39, 0.29) is 4.77 Å². The lowest BCUT2D eigenvalue weighted by atomic mass is 10.2. The van der Waals surface area contributed by atoms with Crippen molar-refractivity contribution < 1.29 is 9.47 Å². The molecule has 2 aromatic rings. The quantitative estimate of drug-likeness (QED) is 0.676. The van der Waals surface area contributed by atoms with Gasteiger partial charge in [0.25, 0.3) is 5.56 Å². The van der Waals surface area contributed by atoms with Crippen LogP contribution in [0.25, 0.3) is 0 Å². The van der Waals surface area contributed by atoms with Crippen LogP contribution in [0, 0.1) is 4.77 Å². The lowest BCUT2D eigenvalue weighted by molar-refractivity contribution is 0.394. The lowest BCUT2D eigenvalue weighted by Gasteiger charge is -2.06. The van der Waals surface area contributed by atoms with Crippen molar-refractivity contribution in [3.63, 3.8) is 0 Å². The van der Waals surface area contributed by atoms with Gasteiger partial charge in [0, 0.05) is 11.6 Å². The highest BCUT2D eigenvalue weighted by Crippen LogP contribution is 2.23. The SMILES string of the molecule is COc1ccc(/C=N\n2c(=O)cn[nH]c2=S)c(OC)c1. The van der Waals surface area contributed by atoms with E-state index in [4.69, 9.17) is 21.7 Å². The Hall–Kier alpha value is -2.48. The zero-order valence-electron chi connectivity index (χ0n) is 10.9. The number of methoxy groups -OCH3 is 2. The van der Waals surface area contributed by atoms with Gasteiger partial charge < -0.3 is 9.47 Å². The number of aromatic nitrogens is 3. The van der Waals surface area contributed by atoms with E-state index < -0.39 is 5.56 Å². The Labute approximate surface area is 119 Å². The molecule has 104 valence electrons. The minimum atomic E-state index is -0.419. The third-order valence-corrected chi connectivity index (χ3v) is 2.75. The number of ether oxygens (including phenoxy) is 2. The van der Waals surface area contributed by atoms with Crippen LogP contribution in [0.1, 0.15) is 5.56 Å². The number of hydrogen-bond acceptors (Lipinski definition) is 6. The standard InChI is InChI=1S/C12H12N4O3S/c1-18-9-4-3-8(10(5-9)19-2)6-14-16-11(17)7-13-15-12(16)20/h3-7H,1-2H3,(H,15,20)/b14-6-. The normalized spacial score (nSPS) is 10.7. The molecule has 0 spiro atoms. The van der Waals surface area contributed by atoms with E-state index in [1.54, 1.807) is 25.3 Å². The van der Waals surface area contributed by atoms with Crippen LogP contribution in [0.3, 0.4) is 0 Å². The Morgan fingerprint density at radius 2 is 2.20 bits per heavy atom. The second-order valence-electron chi connectivity index (χ2n) is 3.68. The van der Waals surface area contributed by atoms with Crippen molar-refractivity contribution in [1.29, 1.82) is 0 Å². The predicted molar refractivity (Wildman–Crippen MR) is 76.2 cm³/mol. The summed E-state index contributed by atoms with van der Waals surface area (Å²) in [6.45, 7) is 0. The molecule has 0 aliphatic heterocycles. The maximum absolute atomic E-state index is 11.6. The van der Waals surface area contributed by atoms with Gasteiger partial charge in [-0.2, -0.15) is 14.9 Å². The summed E-state index contributed by atoms with van der Waals surface area (Å²) in [6.07, 6.45) is 2.57. The molecular weight excluding hydrogens is 280 g/mol. The first-order chi connectivity index (χ1) is 9.65. The average Bonchev–Trinajstić information content (AvgIpc) is 2.46. The fraction of sp³-hybridized carbons (Fsp3) is 0.167. The summed E-state index contributed by atoms with van der Waals surface area (Å²) in [7, 11) is 3.11. The molecule has 2 rings (SSSR count). The Balaban J connectivity index is 2.41. The first-order valence-electron chi connectivity index (χ1n) is 5.59. The van der Waals surface area contributed by atoms with Gasteiger partial charge in [0.05, 0.1) is 20.4 Å². The van der Waals surface area contributed by atoms with Gasteiger partial charge in [0.1, 0.15) is 17.7 Å². The number of nitrogens with zero attached hydrogens (tertiary/aromatic N) is 3. The number of hydrogen-bond donors (Lipinski definition) is 1. The van der Waals surface area contributed by atoms with Crippen molar-refractivity contribution in [3.05, 3.63) is 45.1 Å². The Morgan fingerprint density at radius 1 is 1.40 bits per heavy atom. The smallest absolute Gasteiger partial charge is 0.293 e. The van der Waals surface area contributed by atoms with Crippen LogP contribution in [-0.4, -0.2) is 35.3 Å². The van der Waals surface area contributed by atoms with Crippen molar-refractivity contribution in [2.24, 2.45) is 5.10 Å². The van der Waals surface area contributed by atoms with Crippen LogP contribution in [0.2, 0.25) is 0 Å². The second kappa shape index (κ2) is 6.11. The highest BCUT2D eigenvalue weighted by molar-refractivity contribution is 7.71. The van der Waals surface area contributed by atoms with Gasteiger partial charge in [-0.05, 0) is 24.4 Å². The van der Waals surface area contributed by atoms with Crippen LogP contribution in [0.5, 0.6) is 11.5 Å². The van der Waals surface area contributed by atoms with Gasteiger partial charge >= 0.3 is 0 Å². The molecule has 0 atom stereocenters. The maximum atomic E-state index is 11.6. The predicted octanol–water partition coefficient (Wildman–Crippen LogP) is 1.20. The molecule has 1 aromatic carbocycles. The van der Waals surface area contributed by atoms with Gasteiger partial charge in [-0.3, -0.25) is 9.89 Å². The fourth-order valence-electron chi connectivity index (χ4n) is 1.50. The van der Waals surface area contributed by atoms with E-state index in [1.807, 2.05) is 0 Å². The number of rotatable bonds is 4. The first-order valence-corrected chi connectivity index (χ1v) is 5.99. The topological polar surface area (TPSA) is 81.5 Å². The molecule has 0 aliphatic carbocycles. The number of H-pyrrole nitrogens is 1. The number of benzene rings is 1. The molecule has 8 heteroatoms. The summed E-state index contributed by atoms with van der Waals surface area (Å²) < 4.78 is 11.5. The van der Waals surface area contributed by atoms with E-state index in [1.165, 1.54) is 13.3 Å². The van der Waals surface area contributed by atoms with E-state index in [2.05, 4.69) is 15.3 Å². The number of nitrogens with one attached hydrogen (secondary N) is 1. The Morgan fingerprint density at radius 3 is 2.85 bits per heavy atom.